The first-order valence-corrected chi connectivity index (χ1v) is 9.17. The molecule has 0 atom stereocenters. The Hall–Kier alpha value is -0.0800. The molecular formula is C18H37NO. The second-order valence-corrected chi connectivity index (χ2v) is 6.62. The van der Waals surface area contributed by atoms with E-state index in [2.05, 4.69) is 6.92 Å². The Morgan fingerprint density at radius 3 is 1.80 bits per heavy atom. The van der Waals surface area contributed by atoms with Gasteiger partial charge in [-0.3, -0.25) is 0 Å². The number of hydrogen-bond donors (Lipinski definition) is 1. The van der Waals surface area contributed by atoms with Crippen molar-refractivity contribution in [1.82, 2.24) is 0 Å². The lowest BCUT2D eigenvalue weighted by Crippen LogP contribution is -2.38. The Balaban J connectivity index is 1.83. The summed E-state index contributed by atoms with van der Waals surface area (Å²) in [6, 6.07) is 0. The molecule has 1 aliphatic carbocycles. The molecule has 0 unspecified atom stereocenters. The Bertz CT molecular complexity index is 211. The predicted octanol–water partition coefficient (Wildman–Crippen LogP) is 5.20. The highest BCUT2D eigenvalue weighted by molar-refractivity contribution is 4.87. The lowest BCUT2D eigenvalue weighted by molar-refractivity contribution is -0.0351. The van der Waals surface area contributed by atoms with Crippen LogP contribution >= 0.6 is 0 Å². The van der Waals surface area contributed by atoms with Crippen LogP contribution in [0.3, 0.4) is 0 Å². The van der Waals surface area contributed by atoms with Gasteiger partial charge in [-0.2, -0.15) is 0 Å². The number of ether oxygens (including phenoxy) is 1. The van der Waals surface area contributed by atoms with Crippen molar-refractivity contribution in [2.24, 2.45) is 5.73 Å². The molecule has 2 nitrogen and oxygen atoms in total. The molecule has 1 saturated carbocycles. The smallest absolute Gasteiger partial charge is 0.0804 e. The van der Waals surface area contributed by atoms with Gasteiger partial charge in [0.15, 0.2) is 0 Å². The van der Waals surface area contributed by atoms with Gasteiger partial charge in [0, 0.05) is 13.2 Å². The van der Waals surface area contributed by atoms with Crippen LogP contribution in [0.25, 0.3) is 0 Å². The fraction of sp³-hybridized carbons (Fsp3) is 1.00. The van der Waals surface area contributed by atoms with Crippen LogP contribution in [0.1, 0.15) is 96.8 Å². The van der Waals surface area contributed by atoms with Crippen LogP contribution in [0.15, 0.2) is 0 Å². The van der Waals surface area contributed by atoms with Crippen molar-refractivity contribution >= 4 is 0 Å². The van der Waals surface area contributed by atoms with Gasteiger partial charge in [0.2, 0.25) is 0 Å². The molecule has 2 heteroatoms. The first kappa shape index (κ1) is 18.0. The Morgan fingerprint density at radius 1 is 0.800 bits per heavy atom. The molecule has 120 valence electrons. The molecule has 0 amide bonds. The van der Waals surface area contributed by atoms with Crippen LogP contribution in [0.5, 0.6) is 0 Å². The number of nitrogens with two attached hydrogens (primary N) is 1. The second kappa shape index (κ2) is 11.6. The van der Waals surface area contributed by atoms with Crippen molar-refractivity contribution in [2.75, 3.05) is 13.2 Å². The Kier molecular flexibility index (Phi) is 10.4. The van der Waals surface area contributed by atoms with E-state index in [-0.39, 0.29) is 5.60 Å². The average molecular weight is 284 g/mol. The zero-order valence-electron chi connectivity index (χ0n) is 13.8. The van der Waals surface area contributed by atoms with Gasteiger partial charge >= 0.3 is 0 Å². The monoisotopic (exact) mass is 283 g/mol. The van der Waals surface area contributed by atoms with Crippen LogP contribution in [-0.4, -0.2) is 18.8 Å². The van der Waals surface area contributed by atoms with Crippen molar-refractivity contribution in [3.8, 4) is 0 Å². The van der Waals surface area contributed by atoms with E-state index in [1.807, 2.05) is 0 Å². The summed E-state index contributed by atoms with van der Waals surface area (Å²) in [5.74, 6) is 0. The summed E-state index contributed by atoms with van der Waals surface area (Å²) in [7, 11) is 0. The molecule has 1 aliphatic rings. The fourth-order valence-electron chi connectivity index (χ4n) is 3.30. The highest BCUT2D eigenvalue weighted by atomic mass is 16.5. The maximum Gasteiger partial charge on any atom is 0.0804 e. The van der Waals surface area contributed by atoms with Crippen molar-refractivity contribution in [2.45, 2.75) is 102 Å². The van der Waals surface area contributed by atoms with Gasteiger partial charge in [-0.1, -0.05) is 77.6 Å². The van der Waals surface area contributed by atoms with Crippen molar-refractivity contribution < 1.29 is 4.74 Å². The van der Waals surface area contributed by atoms with E-state index < -0.39 is 0 Å². The van der Waals surface area contributed by atoms with E-state index in [9.17, 15) is 0 Å². The minimum atomic E-state index is 0.0548. The van der Waals surface area contributed by atoms with E-state index in [0.29, 0.717) is 6.54 Å². The van der Waals surface area contributed by atoms with Gasteiger partial charge in [-0.25, -0.2) is 0 Å². The van der Waals surface area contributed by atoms with Crippen molar-refractivity contribution in [3.63, 3.8) is 0 Å². The molecule has 2 N–H and O–H groups in total. The third kappa shape index (κ3) is 7.64. The molecule has 0 aliphatic heterocycles. The number of unbranched alkanes of at least 4 members (excludes halogenated alkanes) is 9. The summed E-state index contributed by atoms with van der Waals surface area (Å²) in [6.45, 7) is 3.92. The van der Waals surface area contributed by atoms with Crippen LogP contribution < -0.4 is 5.73 Å². The van der Waals surface area contributed by atoms with Crippen LogP contribution in [-0.2, 0) is 4.74 Å². The van der Waals surface area contributed by atoms with E-state index in [1.165, 1.54) is 89.9 Å². The zero-order chi connectivity index (χ0) is 14.5. The van der Waals surface area contributed by atoms with E-state index in [1.54, 1.807) is 0 Å². The Labute approximate surface area is 126 Å². The molecule has 1 fully saturated rings. The maximum atomic E-state index is 6.09. The maximum absolute atomic E-state index is 6.09. The van der Waals surface area contributed by atoms with E-state index >= 15 is 0 Å². The van der Waals surface area contributed by atoms with Crippen LogP contribution in [0.4, 0.5) is 0 Å². The lowest BCUT2D eigenvalue weighted by Gasteiger charge is -2.27. The van der Waals surface area contributed by atoms with Crippen molar-refractivity contribution in [1.29, 1.82) is 0 Å². The van der Waals surface area contributed by atoms with Gasteiger partial charge < -0.3 is 10.5 Å². The lowest BCUT2D eigenvalue weighted by atomic mass is 10.0. The largest absolute Gasteiger partial charge is 0.374 e. The van der Waals surface area contributed by atoms with E-state index in [4.69, 9.17) is 10.5 Å². The summed E-state index contributed by atoms with van der Waals surface area (Å²) in [6.07, 6.45) is 18.8. The van der Waals surface area contributed by atoms with E-state index in [0.717, 1.165) is 6.61 Å². The number of hydrogen-bond acceptors (Lipinski definition) is 2. The molecule has 0 aromatic carbocycles. The third-order valence-corrected chi connectivity index (χ3v) is 4.79. The molecule has 0 heterocycles. The highest BCUT2D eigenvalue weighted by Gasteiger charge is 2.32. The Morgan fingerprint density at radius 2 is 1.30 bits per heavy atom. The summed E-state index contributed by atoms with van der Waals surface area (Å²) < 4.78 is 6.09. The summed E-state index contributed by atoms with van der Waals surface area (Å²) in [5.41, 5.74) is 5.93. The molecular weight excluding hydrogens is 246 g/mol. The molecule has 0 aromatic heterocycles. The SMILES string of the molecule is CCCCCCCCCCCCOC1(CN)CCCC1. The average Bonchev–Trinajstić information content (AvgIpc) is 2.94. The first-order chi connectivity index (χ1) is 9.83. The van der Waals surface area contributed by atoms with Gasteiger partial charge in [0.1, 0.15) is 0 Å². The first-order valence-electron chi connectivity index (χ1n) is 9.17. The molecule has 0 aromatic rings. The van der Waals surface area contributed by atoms with Gasteiger partial charge in [0.25, 0.3) is 0 Å². The highest BCUT2D eigenvalue weighted by Crippen LogP contribution is 2.32. The second-order valence-electron chi connectivity index (χ2n) is 6.62. The molecule has 20 heavy (non-hydrogen) atoms. The predicted molar refractivity (Wildman–Crippen MR) is 88.0 cm³/mol. The minimum absolute atomic E-state index is 0.0548. The summed E-state index contributed by atoms with van der Waals surface area (Å²) >= 11 is 0. The minimum Gasteiger partial charge on any atom is -0.374 e. The van der Waals surface area contributed by atoms with Gasteiger partial charge in [0.05, 0.1) is 5.60 Å². The molecule has 0 spiro atoms. The van der Waals surface area contributed by atoms with Crippen LogP contribution in [0, 0.1) is 0 Å². The topological polar surface area (TPSA) is 35.2 Å². The molecule has 0 bridgehead atoms. The summed E-state index contributed by atoms with van der Waals surface area (Å²) in [5, 5.41) is 0. The van der Waals surface area contributed by atoms with Gasteiger partial charge in [-0.15, -0.1) is 0 Å². The third-order valence-electron chi connectivity index (χ3n) is 4.79. The summed E-state index contributed by atoms with van der Waals surface area (Å²) in [4.78, 5) is 0. The zero-order valence-corrected chi connectivity index (χ0v) is 13.8. The normalized spacial score (nSPS) is 17.7. The molecule has 0 radical (unpaired) electrons. The van der Waals surface area contributed by atoms with Crippen molar-refractivity contribution in [3.05, 3.63) is 0 Å². The molecule has 0 saturated heterocycles. The number of rotatable bonds is 13. The van der Waals surface area contributed by atoms with Gasteiger partial charge in [-0.05, 0) is 19.3 Å². The standard InChI is InChI=1S/C18H37NO/c1-2-3-4-5-6-7-8-9-10-13-16-20-18(17-19)14-11-12-15-18/h2-17,19H2,1H3. The quantitative estimate of drug-likeness (QED) is 0.472. The fourth-order valence-corrected chi connectivity index (χ4v) is 3.30. The molecule has 1 rings (SSSR count). The van der Waals surface area contributed by atoms with Crippen LogP contribution in [0.2, 0.25) is 0 Å².